The van der Waals surface area contributed by atoms with Gasteiger partial charge in [-0.05, 0) is 28.1 Å². The molecule has 29 heavy (non-hydrogen) atoms. The van der Waals surface area contributed by atoms with Crippen molar-refractivity contribution in [1.29, 1.82) is 0 Å². The zero-order valence-electron chi connectivity index (χ0n) is 15.7. The van der Waals surface area contributed by atoms with Gasteiger partial charge in [0.2, 0.25) is 0 Å². The van der Waals surface area contributed by atoms with Crippen molar-refractivity contribution in [3.05, 3.63) is 45.9 Å². The minimum atomic E-state index is -0.327. The summed E-state index contributed by atoms with van der Waals surface area (Å²) in [5, 5.41) is 5.22. The lowest BCUT2D eigenvalue weighted by Gasteiger charge is -2.20. The van der Waals surface area contributed by atoms with Crippen molar-refractivity contribution in [3.63, 3.8) is 0 Å². The Morgan fingerprint density at radius 2 is 1.93 bits per heavy atom. The van der Waals surface area contributed by atoms with Crippen molar-refractivity contribution in [1.82, 2.24) is 4.98 Å². The van der Waals surface area contributed by atoms with Crippen molar-refractivity contribution >= 4 is 38.9 Å². The summed E-state index contributed by atoms with van der Waals surface area (Å²) in [5.41, 5.74) is 1.64. The molecule has 0 saturated heterocycles. The van der Waals surface area contributed by atoms with Gasteiger partial charge in [-0.15, -0.1) is 11.3 Å². The molecule has 1 aromatic heterocycles. The van der Waals surface area contributed by atoms with E-state index in [9.17, 15) is 4.79 Å². The standard InChI is InChI=1S/C20H17BrN2O5S/c1-25-15-5-3-4-11(18(15)26-2)20-23-14(10-29-20)19(24)22-13-9-17-16(8-12(13)21)27-6-7-28-17/h3-5,8-10H,6-7H2,1-2H3,(H,22,24). The number of carbonyl (C=O) groups is 1. The van der Waals surface area contributed by atoms with Crippen LogP contribution in [0.3, 0.4) is 0 Å². The number of rotatable bonds is 5. The lowest BCUT2D eigenvalue weighted by atomic mass is 10.2. The molecule has 0 radical (unpaired) electrons. The third kappa shape index (κ3) is 3.88. The first-order chi connectivity index (χ1) is 14.1. The van der Waals surface area contributed by atoms with Crippen LogP contribution in [0.25, 0.3) is 10.6 Å². The SMILES string of the molecule is COc1cccc(-c2nc(C(=O)Nc3cc4c(cc3Br)OCCO4)cs2)c1OC. The topological polar surface area (TPSA) is 78.9 Å². The van der Waals surface area contributed by atoms with Crippen molar-refractivity contribution < 1.29 is 23.7 Å². The monoisotopic (exact) mass is 476 g/mol. The molecule has 0 unspecified atom stereocenters. The highest BCUT2D eigenvalue weighted by Crippen LogP contribution is 2.40. The van der Waals surface area contributed by atoms with Crippen LogP contribution in [0, 0.1) is 0 Å². The van der Waals surface area contributed by atoms with E-state index in [1.165, 1.54) is 11.3 Å². The van der Waals surface area contributed by atoms with Gasteiger partial charge >= 0.3 is 0 Å². The molecule has 0 atom stereocenters. The Morgan fingerprint density at radius 3 is 2.66 bits per heavy atom. The molecule has 1 aliphatic heterocycles. The number of fused-ring (bicyclic) bond motifs is 1. The molecule has 7 nitrogen and oxygen atoms in total. The van der Waals surface area contributed by atoms with Crippen molar-refractivity contribution in [2.24, 2.45) is 0 Å². The van der Waals surface area contributed by atoms with Gasteiger partial charge in [-0.3, -0.25) is 4.79 Å². The normalized spacial score (nSPS) is 12.4. The predicted molar refractivity (Wildman–Crippen MR) is 114 cm³/mol. The largest absolute Gasteiger partial charge is 0.493 e. The molecule has 0 bridgehead atoms. The molecule has 3 aromatic rings. The molecule has 4 rings (SSSR count). The number of hydrogen-bond donors (Lipinski definition) is 1. The van der Waals surface area contributed by atoms with Crippen LogP contribution in [0.5, 0.6) is 23.0 Å². The molecule has 1 amide bonds. The molecule has 0 saturated carbocycles. The summed E-state index contributed by atoms with van der Waals surface area (Å²) in [6.45, 7) is 0.973. The molecule has 2 aromatic carbocycles. The van der Waals surface area contributed by atoms with E-state index in [4.69, 9.17) is 18.9 Å². The van der Waals surface area contributed by atoms with Crippen LogP contribution in [0.2, 0.25) is 0 Å². The number of thiazole rings is 1. The zero-order chi connectivity index (χ0) is 20.4. The van der Waals surface area contributed by atoms with Gasteiger partial charge in [0.25, 0.3) is 5.91 Å². The van der Waals surface area contributed by atoms with Gasteiger partial charge in [0.15, 0.2) is 23.0 Å². The zero-order valence-corrected chi connectivity index (χ0v) is 18.1. The average molecular weight is 477 g/mol. The lowest BCUT2D eigenvalue weighted by Crippen LogP contribution is -2.17. The first-order valence-corrected chi connectivity index (χ1v) is 10.4. The van der Waals surface area contributed by atoms with Crippen LogP contribution in [0.4, 0.5) is 5.69 Å². The molecule has 0 aliphatic carbocycles. The maximum Gasteiger partial charge on any atom is 0.275 e. The van der Waals surface area contributed by atoms with Crippen molar-refractivity contribution in [2.45, 2.75) is 0 Å². The number of para-hydroxylation sites is 1. The maximum atomic E-state index is 12.7. The highest BCUT2D eigenvalue weighted by atomic mass is 79.9. The Bertz CT molecular complexity index is 1070. The molecule has 0 spiro atoms. The third-order valence-electron chi connectivity index (χ3n) is 4.25. The number of nitrogens with zero attached hydrogens (tertiary/aromatic N) is 1. The molecule has 9 heteroatoms. The Labute approximate surface area is 179 Å². The number of carbonyl (C=O) groups excluding carboxylic acids is 1. The number of nitrogens with one attached hydrogen (secondary N) is 1. The van der Waals surface area contributed by atoms with Crippen LogP contribution < -0.4 is 24.3 Å². The van der Waals surface area contributed by atoms with E-state index in [1.807, 2.05) is 18.2 Å². The van der Waals surface area contributed by atoms with E-state index in [2.05, 4.69) is 26.2 Å². The van der Waals surface area contributed by atoms with E-state index in [-0.39, 0.29) is 5.91 Å². The number of aromatic nitrogens is 1. The van der Waals surface area contributed by atoms with E-state index < -0.39 is 0 Å². The average Bonchev–Trinajstić information content (AvgIpc) is 3.23. The Kier molecular flexibility index (Phi) is 5.59. The van der Waals surface area contributed by atoms with Gasteiger partial charge in [0, 0.05) is 22.0 Å². The fourth-order valence-electron chi connectivity index (χ4n) is 2.90. The van der Waals surface area contributed by atoms with Crippen molar-refractivity contribution in [3.8, 4) is 33.6 Å². The fourth-order valence-corrected chi connectivity index (χ4v) is 4.15. The number of benzene rings is 2. The molecule has 1 aliphatic rings. The van der Waals surface area contributed by atoms with Crippen LogP contribution in [0.1, 0.15) is 10.5 Å². The lowest BCUT2D eigenvalue weighted by molar-refractivity contribution is 0.102. The predicted octanol–water partition coefficient (Wildman–Crippen LogP) is 4.61. The summed E-state index contributed by atoms with van der Waals surface area (Å²) in [4.78, 5) is 17.2. The smallest absolute Gasteiger partial charge is 0.275 e. The minimum absolute atomic E-state index is 0.302. The van der Waals surface area contributed by atoms with Crippen LogP contribution in [-0.2, 0) is 0 Å². The summed E-state index contributed by atoms with van der Waals surface area (Å²) in [6, 6.07) is 9.04. The first kappa shape index (κ1) is 19.5. The second-order valence-electron chi connectivity index (χ2n) is 6.01. The first-order valence-electron chi connectivity index (χ1n) is 8.68. The molecule has 1 N–H and O–H groups in total. The Morgan fingerprint density at radius 1 is 1.17 bits per heavy atom. The second-order valence-corrected chi connectivity index (χ2v) is 7.72. The number of ether oxygens (including phenoxy) is 4. The summed E-state index contributed by atoms with van der Waals surface area (Å²) < 4.78 is 22.6. The Hall–Kier alpha value is -2.78. The number of halogens is 1. The summed E-state index contributed by atoms with van der Waals surface area (Å²) in [7, 11) is 3.15. The quantitative estimate of drug-likeness (QED) is 0.578. The number of methoxy groups -OCH3 is 2. The van der Waals surface area contributed by atoms with Crippen LogP contribution in [-0.4, -0.2) is 38.3 Å². The minimum Gasteiger partial charge on any atom is -0.493 e. The van der Waals surface area contributed by atoms with E-state index in [0.29, 0.717) is 57.1 Å². The van der Waals surface area contributed by atoms with Gasteiger partial charge in [-0.25, -0.2) is 4.98 Å². The number of hydrogen-bond acceptors (Lipinski definition) is 7. The second kappa shape index (κ2) is 8.30. The van der Waals surface area contributed by atoms with Gasteiger partial charge in [-0.2, -0.15) is 0 Å². The number of amides is 1. The van der Waals surface area contributed by atoms with E-state index >= 15 is 0 Å². The highest BCUT2D eigenvalue weighted by molar-refractivity contribution is 9.10. The van der Waals surface area contributed by atoms with Gasteiger partial charge in [0.05, 0.1) is 25.5 Å². The Balaban J connectivity index is 1.59. The van der Waals surface area contributed by atoms with Gasteiger partial charge < -0.3 is 24.3 Å². The summed E-state index contributed by atoms with van der Waals surface area (Å²) >= 11 is 4.81. The molecule has 0 fully saturated rings. The van der Waals surface area contributed by atoms with E-state index in [1.54, 1.807) is 31.7 Å². The number of anilines is 1. The third-order valence-corrected chi connectivity index (χ3v) is 5.78. The summed E-state index contributed by atoms with van der Waals surface area (Å²) in [5.74, 6) is 2.08. The van der Waals surface area contributed by atoms with Crippen LogP contribution >= 0.6 is 27.3 Å². The van der Waals surface area contributed by atoms with Crippen LogP contribution in [0.15, 0.2) is 40.2 Å². The van der Waals surface area contributed by atoms with E-state index in [0.717, 1.165) is 5.56 Å². The van der Waals surface area contributed by atoms with Crippen molar-refractivity contribution in [2.75, 3.05) is 32.8 Å². The molecular formula is C20H17BrN2O5S. The van der Waals surface area contributed by atoms with Gasteiger partial charge in [-0.1, -0.05) is 6.07 Å². The summed E-state index contributed by atoms with van der Waals surface area (Å²) in [6.07, 6.45) is 0. The molecule has 2 heterocycles. The molecule has 150 valence electrons. The highest BCUT2D eigenvalue weighted by Gasteiger charge is 2.20. The maximum absolute atomic E-state index is 12.7. The molecular weight excluding hydrogens is 460 g/mol. The van der Waals surface area contributed by atoms with Gasteiger partial charge in [0.1, 0.15) is 23.9 Å². The fraction of sp³-hybridized carbons (Fsp3) is 0.200.